The number of hydrogen-bond acceptors (Lipinski definition) is 3. The fraction of sp³-hybridized carbons (Fsp3) is 1.00. The fourth-order valence-electron chi connectivity index (χ4n) is 0.772. The van der Waals surface area contributed by atoms with Gasteiger partial charge >= 0.3 is 0 Å². The Balaban J connectivity index is 3.66. The molecule has 0 aromatic heterocycles. The Kier molecular flexibility index (Phi) is 7.99. The molecule has 0 amide bonds. The summed E-state index contributed by atoms with van der Waals surface area (Å²) in [5.41, 5.74) is 0. The summed E-state index contributed by atoms with van der Waals surface area (Å²) < 4.78 is 16.1. The summed E-state index contributed by atoms with van der Waals surface area (Å²) in [5, 5.41) is 0. The van der Waals surface area contributed by atoms with E-state index >= 15 is 0 Å². The molecular formula is C8H19ClO3Si. The molecule has 0 radical (unpaired) electrons. The van der Waals surface area contributed by atoms with E-state index in [2.05, 4.69) is 0 Å². The van der Waals surface area contributed by atoms with Crippen molar-refractivity contribution in [3.8, 4) is 0 Å². The molecule has 0 spiro atoms. The molecular weight excluding hydrogens is 208 g/mol. The Morgan fingerprint density at radius 3 is 2.15 bits per heavy atom. The quantitative estimate of drug-likeness (QED) is 0.373. The minimum Gasteiger partial charge on any atom is -0.381 e. The Labute approximate surface area is 87.3 Å². The number of halogens is 1. The Hall–Kier alpha value is 0.387. The van der Waals surface area contributed by atoms with Gasteiger partial charge in [0.05, 0.1) is 18.8 Å². The van der Waals surface area contributed by atoms with Crippen molar-refractivity contribution in [1.29, 1.82) is 0 Å². The van der Waals surface area contributed by atoms with Gasteiger partial charge in [0, 0.05) is 0 Å². The standard InChI is InChI=1S/C8H19ClO3Si/c1-6(2)10-5-8(12-13-9)11-7(3)4/h6-8H,5,13H2,1-4H3. The summed E-state index contributed by atoms with van der Waals surface area (Å²) in [6.07, 6.45) is 0.0309. The van der Waals surface area contributed by atoms with Crippen LogP contribution in [0.4, 0.5) is 0 Å². The van der Waals surface area contributed by atoms with Gasteiger partial charge in [0.25, 0.3) is 9.07 Å². The SMILES string of the molecule is CC(C)OCC(O[SiH2]Cl)OC(C)C. The third-order valence-corrected chi connectivity index (χ3v) is 2.11. The highest BCUT2D eigenvalue weighted by Crippen LogP contribution is 2.02. The molecule has 13 heavy (non-hydrogen) atoms. The largest absolute Gasteiger partial charge is 0.381 e. The maximum Gasteiger partial charge on any atom is 0.261 e. The molecule has 0 rings (SSSR count). The lowest BCUT2D eigenvalue weighted by atomic mass is 10.4. The van der Waals surface area contributed by atoms with E-state index < -0.39 is 9.07 Å². The molecule has 3 nitrogen and oxygen atoms in total. The minimum absolute atomic E-state index is 0.137. The molecule has 0 heterocycles. The topological polar surface area (TPSA) is 27.7 Å². The molecule has 0 aliphatic rings. The van der Waals surface area contributed by atoms with E-state index in [-0.39, 0.29) is 18.5 Å². The lowest BCUT2D eigenvalue weighted by Gasteiger charge is -2.21. The number of hydrogen-bond donors (Lipinski definition) is 0. The molecule has 0 aliphatic carbocycles. The molecule has 0 aromatic rings. The lowest BCUT2D eigenvalue weighted by Crippen LogP contribution is -2.28. The van der Waals surface area contributed by atoms with E-state index in [1.54, 1.807) is 0 Å². The van der Waals surface area contributed by atoms with Crippen LogP contribution >= 0.6 is 11.1 Å². The second-order valence-electron chi connectivity index (χ2n) is 3.27. The predicted molar refractivity (Wildman–Crippen MR) is 56.6 cm³/mol. The summed E-state index contributed by atoms with van der Waals surface area (Å²) >= 11 is 5.58. The van der Waals surface area contributed by atoms with Gasteiger partial charge in [-0.05, 0) is 27.7 Å². The zero-order valence-electron chi connectivity index (χ0n) is 8.75. The van der Waals surface area contributed by atoms with Crippen LogP contribution in [-0.2, 0) is 13.9 Å². The van der Waals surface area contributed by atoms with Crippen LogP contribution in [0.3, 0.4) is 0 Å². The highest BCUT2D eigenvalue weighted by molar-refractivity contribution is 6.89. The van der Waals surface area contributed by atoms with E-state index in [4.69, 9.17) is 25.0 Å². The first-order valence-electron chi connectivity index (χ1n) is 4.51. The van der Waals surface area contributed by atoms with Gasteiger partial charge < -0.3 is 13.9 Å². The van der Waals surface area contributed by atoms with Gasteiger partial charge in [0.15, 0.2) is 6.29 Å². The maximum atomic E-state index is 5.58. The van der Waals surface area contributed by atoms with E-state index in [1.165, 1.54) is 0 Å². The molecule has 0 fully saturated rings. The number of ether oxygens (including phenoxy) is 2. The molecule has 0 aromatic carbocycles. The van der Waals surface area contributed by atoms with Gasteiger partial charge in [-0.2, -0.15) is 0 Å². The van der Waals surface area contributed by atoms with E-state index in [0.29, 0.717) is 6.61 Å². The van der Waals surface area contributed by atoms with Crippen molar-refractivity contribution in [3.05, 3.63) is 0 Å². The third-order valence-electron chi connectivity index (χ3n) is 1.24. The van der Waals surface area contributed by atoms with Crippen LogP contribution in [0.2, 0.25) is 0 Å². The van der Waals surface area contributed by atoms with Crippen LogP contribution in [-0.4, -0.2) is 34.2 Å². The minimum atomic E-state index is -0.954. The van der Waals surface area contributed by atoms with Crippen molar-refractivity contribution in [2.45, 2.75) is 46.2 Å². The van der Waals surface area contributed by atoms with Crippen molar-refractivity contribution >= 4 is 20.2 Å². The average molecular weight is 227 g/mol. The van der Waals surface area contributed by atoms with Crippen molar-refractivity contribution in [3.63, 3.8) is 0 Å². The van der Waals surface area contributed by atoms with Gasteiger partial charge in [-0.15, -0.1) is 11.1 Å². The Bertz CT molecular complexity index is 122. The summed E-state index contributed by atoms with van der Waals surface area (Å²) in [7, 11) is -0.954. The predicted octanol–water partition coefficient (Wildman–Crippen LogP) is 1.42. The summed E-state index contributed by atoms with van der Waals surface area (Å²) in [6, 6.07) is 0. The first-order chi connectivity index (χ1) is 6.06. The fourth-order valence-corrected chi connectivity index (χ4v) is 1.51. The Morgan fingerprint density at radius 1 is 1.15 bits per heavy atom. The van der Waals surface area contributed by atoms with Crippen LogP contribution in [0, 0.1) is 0 Å². The molecule has 0 saturated carbocycles. The van der Waals surface area contributed by atoms with Crippen LogP contribution in [0.15, 0.2) is 0 Å². The monoisotopic (exact) mass is 226 g/mol. The van der Waals surface area contributed by atoms with E-state index in [1.807, 2.05) is 27.7 Å². The Morgan fingerprint density at radius 2 is 1.77 bits per heavy atom. The normalized spacial score (nSPS) is 15.0. The number of rotatable bonds is 7. The first kappa shape index (κ1) is 13.4. The lowest BCUT2D eigenvalue weighted by molar-refractivity contribution is -0.148. The second kappa shape index (κ2) is 7.76. The molecule has 0 bridgehead atoms. The molecule has 1 atom stereocenters. The summed E-state index contributed by atoms with van der Waals surface area (Å²) in [6.45, 7) is 8.33. The summed E-state index contributed by atoms with van der Waals surface area (Å²) in [4.78, 5) is 0. The maximum absolute atomic E-state index is 5.58. The zero-order valence-corrected chi connectivity index (χ0v) is 10.9. The van der Waals surface area contributed by atoms with Crippen molar-refractivity contribution < 1.29 is 13.9 Å². The van der Waals surface area contributed by atoms with E-state index in [0.717, 1.165) is 0 Å². The van der Waals surface area contributed by atoms with Gasteiger partial charge in [-0.1, -0.05) is 0 Å². The highest BCUT2D eigenvalue weighted by Gasteiger charge is 2.11. The van der Waals surface area contributed by atoms with Crippen LogP contribution in [0.1, 0.15) is 27.7 Å². The zero-order chi connectivity index (χ0) is 10.3. The van der Waals surface area contributed by atoms with Crippen LogP contribution in [0.5, 0.6) is 0 Å². The molecule has 5 heteroatoms. The van der Waals surface area contributed by atoms with Crippen LogP contribution < -0.4 is 0 Å². The highest BCUT2D eigenvalue weighted by atomic mass is 35.6. The first-order valence-corrected chi connectivity index (χ1v) is 7.22. The molecule has 0 N–H and O–H groups in total. The van der Waals surface area contributed by atoms with Crippen molar-refractivity contribution in [2.75, 3.05) is 6.61 Å². The average Bonchev–Trinajstić information content (AvgIpc) is 1.99. The van der Waals surface area contributed by atoms with Gasteiger partial charge in [0.2, 0.25) is 0 Å². The third kappa shape index (κ3) is 8.71. The molecule has 0 saturated heterocycles. The molecule has 1 unspecified atom stereocenters. The van der Waals surface area contributed by atoms with Gasteiger partial charge in [0.1, 0.15) is 0 Å². The van der Waals surface area contributed by atoms with Crippen molar-refractivity contribution in [1.82, 2.24) is 0 Å². The molecule has 0 aliphatic heterocycles. The second-order valence-corrected chi connectivity index (χ2v) is 4.48. The van der Waals surface area contributed by atoms with Crippen molar-refractivity contribution in [2.24, 2.45) is 0 Å². The van der Waals surface area contributed by atoms with E-state index in [9.17, 15) is 0 Å². The smallest absolute Gasteiger partial charge is 0.261 e. The van der Waals surface area contributed by atoms with Crippen LogP contribution in [0.25, 0.3) is 0 Å². The summed E-state index contributed by atoms with van der Waals surface area (Å²) in [5.74, 6) is 0. The molecule has 80 valence electrons. The van der Waals surface area contributed by atoms with Gasteiger partial charge in [-0.25, -0.2) is 0 Å². The van der Waals surface area contributed by atoms with Gasteiger partial charge in [-0.3, -0.25) is 0 Å².